The zero-order chi connectivity index (χ0) is 16.2. The van der Waals surface area contributed by atoms with Crippen LogP contribution in [0.1, 0.15) is 56.1 Å². The molecule has 0 amide bonds. The Morgan fingerprint density at radius 2 is 2.09 bits per heavy atom. The van der Waals surface area contributed by atoms with E-state index in [1.807, 2.05) is 12.1 Å². The van der Waals surface area contributed by atoms with Gasteiger partial charge in [-0.3, -0.25) is 0 Å². The Kier molecular flexibility index (Phi) is 3.19. The van der Waals surface area contributed by atoms with Crippen LogP contribution in [0.3, 0.4) is 0 Å². The second-order valence-electron chi connectivity index (χ2n) is 7.80. The molecule has 5 atom stereocenters. The first-order valence-electron chi connectivity index (χ1n) is 8.66. The zero-order valence-electron chi connectivity index (χ0n) is 13.6. The fraction of sp³-hybridized carbons (Fsp3) is 0.600. The lowest BCUT2D eigenvalue weighted by Gasteiger charge is -2.52. The number of phenols is 1. The molecular formula is C20H24O3. The summed E-state index contributed by atoms with van der Waals surface area (Å²) in [6, 6.07) is 5.83. The van der Waals surface area contributed by atoms with Crippen molar-refractivity contribution >= 4 is 0 Å². The number of aromatic hydroxyl groups is 1. The second kappa shape index (κ2) is 4.92. The third kappa shape index (κ3) is 1.94. The summed E-state index contributed by atoms with van der Waals surface area (Å²) in [5, 5.41) is 20.7. The highest BCUT2D eigenvalue weighted by atomic mass is 16.6. The molecule has 3 nitrogen and oxygen atoms in total. The minimum Gasteiger partial charge on any atom is -0.508 e. The van der Waals surface area contributed by atoms with Gasteiger partial charge in [-0.05, 0) is 73.1 Å². The van der Waals surface area contributed by atoms with Crippen LogP contribution >= 0.6 is 0 Å². The molecule has 3 aliphatic carbocycles. The van der Waals surface area contributed by atoms with Crippen molar-refractivity contribution in [2.75, 3.05) is 0 Å². The van der Waals surface area contributed by atoms with Crippen molar-refractivity contribution in [3.8, 4) is 18.3 Å². The van der Waals surface area contributed by atoms with Crippen LogP contribution in [0.15, 0.2) is 18.2 Å². The Morgan fingerprint density at radius 1 is 1.26 bits per heavy atom. The number of hydrogen-bond donors (Lipinski definition) is 2. The predicted octanol–water partition coefficient (Wildman–Crippen LogP) is 3.54. The SMILES string of the molecule is C#COC1(O)CCC2C3CCc4cc(O)ccc4C3CCC21C. The summed E-state index contributed by atoms with van der Waals surface area (Å²) >= 11 is 0. The maximum absolute atomic E-state index is 11.0. The van der Waals surface area contributed by atoms with Crippen LogP contribution in [0, 0.1) is 29.8 Å². The quantitative estimate of drug-likeness (QED) is 0.616. The average Bonchev–Trinajstić information content (AvgIpc) is 2.79. The molecule has 1 aromatic carbocycles. The summed E-state index contributed by atoms with van der Waals surface area (Å²) in [5.74, 6) is 0.737. The van der Waals surface area contributed by atoms with E-state index in [1.54, 1.807) is 0 Å². The number of aryl methyl sites for hydroxylation is 1. The van der Waals surface area contributed by atoms with Crippen molar-refractivity contribution in [1.29, 1.82) is 0 Å². The molecule has 2 saturated carbocycles. The lowest BCUT2D eigenvalue weighted by atomic mass is 9.55. The molecule has 0 aromatic heterocycles. The van der Waals surface area contributed by atoms with Gasteiger partial charge in [0.1, 0.15) is 11.9 Å². The lowest BCUT2D eigenvalue weighted by molar-refractivity contribution is -0.238. The topological polar surface area (TPSA) is 49.7 Å². The summed E-state index contributed by atoms with van der Waals surface area (Å²) in [6.45, 7) is 2.16. The minimum atomic E-state index is -1.17. The molecule has 122 valence electrons. The molecule has 0 radical (unpaired) electrons. The molecule has 1 aromatic rings. The number of aliphatic hydroxyl groups is 1. The van der Waals surface area contributed by atoms with Crippen LogP contribution in [0.5, 0.6) is 5.75 Å². The molecule has 5 unspecified atom stereocenters. The molecular weight excluding hydrogens is 288 g/mol. The number of terminal acetylenes is 1. The van der Waals surface area contributed by atoms with Gasteiger partial charge in [-0.15, -0.1) is 0 Å². The van der Waals surface area contributed by atoms with Crippen molar-refractivity contribution in [2.45, 2.75) is 57.2 Å². The highest BCUT2D eigenvalue weighted by Crippen LogP contribution is 2.64. The Labute approximate surface area is 137 Å². The Hall–Kier alpha value is -1.66. The van der Waals surface area contributed by atoms with E-state index in [1.165, 1.54) is 11.1 Å². The molecule has 3 heteroatoms. The predicted molar refractivity (Wildman–Crippen MR) is 87.6 cm³/mol. The minimum absolute atomic E-state index is 0.255. The van der Waals surface area contributed by atoms with E-state index in [4.69, 9.17) is 11.2 Å². The van der Waals surface area contributed by atoms with Gasteiger partial charge in [0.15, 0.2) is 0 Å². The third-order valence-electron chi connectivity index (χ3n) is 7.01. The largest absolute Gasteiger partial charge is 0.508 e. The van der Waals surface area contributed by atoms with Crippen molar-refractivity contribution in [2.24, 2.45) is 17.3 Å². The summed E-state index contributed by atoms with van der Waals surface area (Å²) in [7, 11) is 0. The first kappa shape index (κ1) is 14.9. The second-order valence-corrected chi connectivity index (χ2v) is 7.80. The monoisotopic (exact) mass is 312 g/mol. The average molecular weight is 312 g/mol. The van der Waals surface area contributed by atoms with E-state index >= 15 is 0 Å². The molecule has 0 bridgehead atoms. The van der Waals surface area contributed by atoms with E-state index in [0.717, 1.165) is 32.1 Å². The van der Waals surface area contributed by atoms with Gasteiger partial charge >= 0.3 is 0 Å². The molecule has 4 rings (SSSR count). The molecule has 2 fully saturated rings. The van der Waals surface area contributed by atoms with Crippen LogP contribution < -0.4 is 0 Å². The van der Waals surface area contributed by atoms with E-state index in [2.05, 4.69) is 19.1 Å². The molecule has 0 aliphatic heterocycles. The van der Waals surface area contributed by atoms with Gasteiger partial charge in [0.05, 0.1) is 0 Å². The fourth-order valence-corrected chi connectivity index (χ4v) is 5.81. The van der Waals surface area contributed by atoms with Crippen molar-refractivity contribution in [3.05, 3.63) is 29.3 Å². The molecule has 0 saturated heterocycles. The van der Waals surface area contributed by atoms with Gasteiger partial charge < -0.3 is 14.9 Å². The summed E-state index contributed by atoms with van der Waals surface area (Å²) in [4.78, 5) is 0. The van der Waals surface area contributed by atoms with E-state index in [-0.39, 0.29) is 5.41 Å². The normalized spacial score (nSPS) is 41.3. The smallest absolute Gasteiger partial charge is 0.224 e. The molecule has 3 aliphatic rings. The molecule has 0 spiro atoms. The highest BCUT2D eigenvalue weighted by molar-refractivity contribution is 5.40. The van der Waals surface area contributed by atoms with Crippen LogP contribution in [0.4, 0.5) is 0 Å². The van der Waals surface area contributed by atoms with Gasteiger partial charge in [-0.2, -0.15) is 0 Å². The van der Waals surface area contributed by atoms with E-state index in [0.29, 0.717) is 29.9 Å². The van der Waals surface area contributed by atoms with Gasteiger partial charge in [-0.1, -0.05) is 19.4 Å². The molecule has 0 heterocycles. The number of fused-ring (bicyclic) bond motifs is 5. The van der Waals surface area contributed by atoms with Crippen molar-refractivity contribution < 1.29 is 14.9 Å². The maximum atomic E-state index is 11.0. The zero-order valence-corrected chi connectivity index (χ0v) is 13.6. The Bertz CT molecular complexity index is 676. The van der Waals surface area contributed by atoms with Gasteiger partial charge in [0, 0.05) is 11.8 Å². The van der Waals surface area contributed by atoms with Gasteiger partial charge in [0.2, 0.25) is 5.79 Å². The molecule has 23 heavy (non-hydrogen) atoms. The highest BCUT2D eigenvalue weighted by Gasteiger charge is 2.63. The maximum Gasteiger partial charge on any atom is 0.224 e. The van der Waals surface area contributed by atoms with Crippen LogP contribution in [-0.2, 0) is 11.2 Å². The van der Waals surface area contributed by atoms with Crippen molar-refractivity contribution in [1.82, 2.24) is 0 Å². The van der Waals surface area contributed by atoms with Crippen LogP contribution in [-0.4, -0.2) is 16.0 Å². The number of ether oxygens (including phenoxy) is 1. The number of hydrogen-bond acceptors (Lipinski definition) is 3. The van der Waals surface area contributed by atoms with E-state index in [9.17, 15) is 10.2 Å². The van der Waals surface area contributed by atoms with Gasteiger partial charge in [-0.25, -0.2) is 0 Å². The Balaban J connectivity index is 1.69. The van der Waals surface area contributed by atoms with Gasteiger partial charge in [0.25, 0.3) is 0 Å². The number of rotatable bonds is 1. The first-order valence-corrected chi connectivity index (χ1v) is 8.66. The summed E-state index contributed by atoms with van der Waals surface area (Å²) in [5.41, 5.74) is 2.44. The summed E-state index contributed by atoms with van der Waals surface area (Å²) < 4.78 is 5.38. The van der Waals surface area contributed by atoms with E-state index < -0.39 is 5.79 Å². The standard InChI is InChI=1S/C20H24O3/c1-3-23-20(22)11-9-18-17-6-4-13-12-14(21)5-7-15(13)16(17)8-10-19(18,20)2/h1,5,7,12,16-18,21-22H,4,6,8-11H2,2H3. The fourth-order valence-electron chi connectivity index (χ4n) is 5.81. The first-order chi connectivity index (χ1) is 11.0. The number of benzene rings is 1. The van der Waals surface area contributed by atoms with Crippen LogP contribution in [0.2, 0.25) is 0 Å². The third-order valence-corrected chi connectivity index (χ3v) is 7.01. The lowest BCUT2D eigenvalue weighted by Crippen LogP contribution is -2.51. The summed E-state index contributed by atoms with van der Waals surface area (Å²) in [6.07, 6.45) is 13.3. The van der Waals surface area contributed by atoms with Crippen molar-refractivity contribution in [3.63, 3.8) is 0 Å². The number of phenolic OH excluding ortho intramolecular Hbond substituents is 1. The Morgan fingerprint density at radius 3 is 2.87 bits per heavy atom. The molecule has 2 N–H and O–H groups in total. The van der Waals surface area contributed by atoms with Crippen LogP contribution in [0.25, 0.3) is 0 Å².